The van der Waals surface area contributed by atoms with Gasteiger partial charge in [0.2, 0.25) is 10.0 Å². The summed E-state index contributed by atoms with van der Waals surface area (Å²) in [6, 6.07) is 22.5. The Bertz CT molecular complexity index is 1120. The van der Waals surface area contributed by atoms with Crippen LogP contribution in [0.5, 0.6) is 0 Å². The molecule has 6 heteroatoms. The molecule has 0 aliphatic rings. The first-order chi connectivity index (χ1) is 14.2. The van der Waals surface area contributed by atoms with Crippen LogP contribution in [-0.2, 0) is 23.1 Å². The minimum atomic E-state index is -3.47. The molecule has 156 valence electrons. The number of hydrogen-bond acceptors (Lipinski definition) is 3. The molecule has 3 aromatic rings. The third-order valence-electron chi connectivity index (χ3n) is 4.87. The van der Waals surface area contributed by atoms with Crippen molar-refractivity contribution in [3.8, 4) is 0 Å². The number of anilines is 1. The molecule has 0 unspecified atom stereocenters. The molecular weight excluding hydrogens is 396 g/mol. The molecule has 0 saturated carbocycles. The zero-order chi connectivity index (χ0) is 21.7. The lowest BCUT2D eigenvalue weighted by atomic mass is 10.1. The maximum Gasteiger partial charge on any atom is 0.251 e. The molecule has 0 radical (unpaired) electrons. The minimum absolute atomic E-state index is 0.167. The fraction of sp³-hybridized carbons (Fsp3) is 0.208. The number of nitrogens with one attached hydrogen (secondary N) is 1. The number of aryl methyl sites for hydroxylation is 2. The molecule has 0 spiro atoms. The van der Waals surface area contributed by atoms with E-state index in [1.807, 2.05) is 62.4 Å². The highest BCUT2D eigenvalue weighted by Gasteiger charge is 2.20. The SMILES string of the molecule is Cc1ccc(C)c(N(Cc2ccc(C(=O)NCc3ccccc3)cc2)S(C)(=O)=O)c1. The molecule has 0 heterocycles. The van der Waals surface area contributed by atoms with Gasteiger partial charge in [-0.2, -0.15) is 0 Å². The van der Waals surface area contributed by atoms with Crippen molar-refractivity contribution in [1.82, 2.24) is 5.32 Å². The van der Waals surface area contributed by atoms with Crippen LogP contribution in [0.1, 0.15) is 32.6 Å². The van der Waals surface area contributed by atoms with Gasteiger partial charge in [-0.1, -0.05) is 54.6 Å². The maximum absolute atomic E-state index is 12.5. The number of nitrogens with zero attached hydrogens (tertiary/aromatic N) is 1. The Morgan fingerprint density at radius 2 is 1.57 bits per heavy atom. The first-order valence-electron chi connectivity index (χ1n) is 9.70. The third-order valence-corrected chi connectivity index (χ3v) is 6.00. The molecule has 0 aromatic heterocycles. The Hall–Kier alpha value is -3.12. The molecule has 30 heavy (non-hydrogen) atoms. The van der Waals surface area contributed by atoms with E-state index in [1.165, 1.54) is 10.6 Å². The second kappa shape index (κ2) is 9.13. The van der Waals surface area contributed by atoms with Crippen molar-refractivity contribution in [1.29, 1.82) is 0 Å². The fourth-order valence-corrected chi connectivity index (χ4v) is 4.11. The van der Waals surface area contributed by atoms with Gasteiger partial charge in [-0.05, 0) is 54.3 Å². The Morgan fingerprint density at radius 1 is 0.900 bits per heavy atom. The van der Waals surface area contributed by atoms with Crippen molar-refractivity contribution in [3.05, 3.63) is 101 Å². The van der Waals surface area contributed by atoms with Crippen LogP contribution >= 0.6 is 0 Å². The number of sulfonamides is 1. The number of benzene rings is 3. The summed E-state index contributed by atoms with van der Waals surface area (Å²) < 4.78 is 26.3. The van der Waals surface area contributed by atoms with Crippen molar-refractivity contribution >= 4 is 21.6 Å². The molecule has 3 rings (SSSR count). The molecule has 1 N–H and O–H groups in total. The number of carbonyl (C=O) groups excluding carboxylic acids is 1. The van der Waals surface area contributed by atoms with Gasteiger partial charge >= 0.3 is 0 Å². The first kappa shape index (κ1) is 21.6. The van der Waals surface area contributed by atoms with E-state index in [0.717, 1.165) is 22.3 Å². The predicted octanol–water partition coefficient (Wildman–Crippen LogP) is 4.20. The van der Waals surface area contributed by atoms with Crippen LogP contribution in [0.25, 0.3) is 0 Å². The summed E-state index contributed by atoms with van der Waals surface area (Å²) >= 11 is 0. The van der Waals surface area contributed by atoms with Crippen molar-refractivity contribution in [3.63, 3.8) is 0 Å². The van der Waals surface area contributed by atoms with E-state index >= 15 is 0 Å². The lowest BCUT2D eigenvalue weighted by Crippen LogP contribution is -2.30. The van der Waals surface area contributed by atoms with Gasteiger partial charge in [0.15, 0.2) is 0 Å². The molecule has 3 aromatic carbocycles. The second-order valence-electron chi connectivity index (χ2n) is 7.42. The molecule has 0 fully saturated rings. The molecule has 1 amide bonds. The molecule has 5 nitrogen and oxygen atoms in total. The van der Waals surface area contributed by atoms with Gasteiger partial charge in [-0.3, -0.25) is 9.10 Å². The van der Waals surface area contributed by atoms with Crippen LogP contribution < -0.4 is 9.62 Å². The van der Waals surface area contributed by atoms with Crippen LogP contribution in [0, 0.1) is 13.8 Å². The summed E-state index contributed by atoms with van der Waals surface area (Å²) in [5, 5.41) is 2.89. The van der Waals surface area contributed by atoms with E-state index in [1.54, 1.807) is 24.3 Å². The number of hydrogen-bond donors (Lipinski definition) is 1. The summed E-state index contributed by atoms with van der Waals surface area (Å²) in [4.78, 5) is 12.4. The zero-order valence-electron chi connectivity index (χ0n) is 17.4. The molecule has 0 aliphatic carbocycles. The van der Waals surface area contributed by atoms with E-state index in [-0.39, 0.29) is 12.5 Å². The van der Waals surface area contributed by atoms with Gasteiger partial charge in [0, 0.05) is 12.1 Å². The average Bonchev–Trinajstić information content (AvgIpc) is 2.72. The number of amides is 1. The first-order valence-corrected chi connectivity index (χ1v) is 11.5. The van der Waals surface area contributed by atoms with E-state index in [9.17, 15) is 13.2 Å². The molecule has 0 atom stereocenters. The Morgan fingerprint density at radius 3 is 2.20 bits per heavy atom. The highest BCUT2D eigenvalue weighted by molar-refractivity contribution is 7.92. The van der Waals surface area contributed by atoms with Crippen LogP contribution in [0.2, 0.25) is 0 Å². The molecule has 0 aliphatic heterocycles. The fourth-order valence-electron chi connectivity index (χ4n) is 3.18. The maximum atomic E-state index is 12.5. The summed E-state index contributed by atoms with van der Waals surface area (Å²) in [6.07, 6.45) is 1.21. The minimum Gasteiger partial charge on any atom is -0.348 e. The third kappa shape index (κ3) is 5.48. The predicted molar refractivity (Wildman–Crippen MR) is 121 cm³/mol. The normalized spacial score (nSPS) is 11.2. The van der Waals surface area contributed by atoms with Gasteiger partial charge in [0.1, 0.15) is 0 Å². The smallest absolute Gasteiger partial charge is 0.251 e. The standard InChI is InChI=1S/C24H26N2O3S/c1-18-9-10-19(2)23(15-18)26(30(3,28)29)17-21-11-13-22(14-12-21)24(27)25-16-20-7-5-4-6-8-20/h4-15H,16-17H2,1-3H3,(H,25,27). The highest BCUT2D eigenvalue weighted by Crippen LogP contribution is 2.26. The van der Waals surface area contributed by atoms with Gasteiger partial charge in [-0.15, -0.1) is 0 Å². The largest absolute Gasteiger partial charge is 0.348 e. The number of rotatable bonds is 7. The van der Waals surface area contributed by atoms with Crippen LogP contribution in [0.4, 0.5) is 5.69 Å². The van der Waals surface area contributed by atoms with Gasteiger partial charge in [-0.25, -0.2) is 8.42 Å². The Balaban J connectivity index is 1.74. The zero-order valence-corrected chi connectivity index (χ0v) is 18.2. The van der Waals surface area contributed by atoms with Crippen LogP contribution in [-0.4, -0.2) is 20.6 Å². The summed E-state index contributed by atoms with van der Waals surface area (Å²) in [5.41, 5.74) is 4.92. The van der Waals surface area contributed by atoms with Crippen LogP contribution in [0.15, 0.2) is 72.8 Å². The quantitative estimate of drug-likeness (QED) is 0.621. The van der Waals surface area contributed by atoms with E-state index < -0.39 is 10.0 Å². The van der Waals surface area contributed by atoms with E-state index in [2.05, 4.69) is 5.32 Å². The van der Waals surface area contributed by atoms with Crippen LogP contribution in [0.3, 0.4) is 0 Å². The van der Waals surface area contributed by atoms with E-state index in [0.29, 0.717) is 17.8 Å². The van der Waals surface area contributed by atoms with Gasteiger partial charge in [0.05, 0.1) is 18.5 Å². The molecule has 0 saturated heterocycles. The van der Waals surface area contributed by atoms with Gasteiger partial charge < -0.3 is 5.32 Å². The summed E-state index contributed by atoms with van der Waals surface area (Å²) in [7, 11) is -3.47. The lowest BCUT2D eigenvalue weighted by molar-refractivity contribution is 0.0951. The Kier molecular flexibility index (Phi) is 6.57. The van der Waals surface area contributed by atoms with Crippen molar-refractivity contribution < 1.29 is 13.2 Å². The topological polar surface area (TPSA) is 66.5 Å². The van der Waals surface area contributed by atoms with E-state index in [4.69, 9.17) is 0 Å². The average molecular weight is 423 g/mol. The molecular formula is C24H26N2O3S. The summed E-state index contributed by atoms with van der Waals surface area (Å²) in [6.45, 7) is 4.49. The molecule has 0 bridgehead atoms. The van der Waals surface area contributed by atoms with Crippen molar-refractivity contribution in [2.24, 2.45) is 0 Å². The monoisotopic (exact) mass is 422 g/mol. The highest BCUT2D eigenvalue weighted by atomic mass is 32.2. The second-order valence-corrected chi connectivity index (χ2v) is 9.33. The van der Waals surface area contributed by atoms with Gasteiger partial charge in [0.25, 0.3) is 5.91 Å². The Labute approximate surface area is 178 Å². The van der Waals surface area contributed by atoms with Crippen molar-refractivity contribution in [2.75, 3.05) is 10.6 Å². The lowest BCUT2D eigenvalue weighted by Gasteiger charge is -2.25. The number of carbonyl (C=O) groups is 1. The summed E-state index contributed by atoms with van der Waals surface area (Å²) in [5.74, 6) is -0.167. The van der Waals surface area contributed by atoms with Crippen molar-refractivity contribution in [2.45, 2.75) is 26.9 Å².